The summed E-state index contributed by atoms with van der Waals surface area (Å²) in [5.74, 6) is 0.141. The number of hydrogen-bond acceptors (Lipinski definition) is 2. The van der Waals surface area contributed by atoms with Gasteiger partial charge in [-0.1, -0.05) is 18.2 Å². The van der Waals surface area contributed by atoms with Crippen LogP contribution in [0.5, 0.6) is 0 Å². The quantitative estimate of drug-likeness (QED) is 0.860. The van der Waals surface area contributed by atoms with Crippen LogP contribution in [0.1, 0.15) is 35.8 Å². The lowest BCUT2D eigenvalue weighted by Crippen LogP contribution is -2.34. The molecule has 0 unspecified atom stereocenters. The summed E-state index contributed by atoms with van der Waals surface area (Å²) in [6.45, 7) is 3.90. The van der Waals surface area contributed by atoms with E-state index < -0.39 is 0 Å². The smallest absolute Gasteiger partial charge is 0.256 e. The first-order valence-electron chi connectivity index (χ1n) is 8.19. The monoisotopic (exact) mass is 313 g/mol. The summed E-state index contributed by atoms with van der Waals surface area (Å²) in [6.07, 6.45) is 2.82. The van der Waals surface area contributed by atoms with Crippen molar-refractivity contribution >= 4 is 22.7 Å². The number of fused-ring (bicyclic) bond motifs is 3. The van der Waals surface area contributed by atoms with Crippen molar-refractivity contribution in [2.45, 2.75) is 32.7 Å². The number of aryl methyl sites for hydroxylation is 1. The minimum atomic E-state index is 0.0161. The molecule has 0 spiro atoms. The first-order valence-corrected chi connectivity index (χ1v) is 8.19. The van der Waals surface area contributed by atoms with E-state index >= 15 is 0 Å². The van der Waals surface area contributed by atoms with Crippen LogP contribution in [0, 0.1) is 0 Å². The molecule has 1 aliphatic rings. The first-order chi connectivity index (χ1) is 11.1. The van der Waals surface area contributed by atoms with Gasteiger partial charge in [0.15, 0.2) is 0 Å². The fourth-order valence-corrected chi connectivity index (χ4v) is 3.34. The molecule has 5 nitrogen and oxygen atoms in total. The Hall–Kier alpha value is -2.30. The topological polar surface area (TPSA) is 54.3 Å². The highest BCUT2D eigenvalue weighted by atomic mass is 16.2. The van der Waals surface area contributed by atoms with Gasteiger partial charge in [-0.05, 0) is 18.9 Å². The average Bonchev–Trinajstić information content (AvgIpc) is 2.85. The number of nitrogens with zero attached hydrogens (tertiary/aromatic N) is 2. The van der Waals surface area contributed by atoms with Crippen LogP contribution in [0.4, 0.5) is 0 Å². The Bertz CT molecular complexity index is 748. The average molecular weight is 313 g/mol. The maximum absolute atomic E-state index is 12.6. The maximum Gasteiger partial charge on any atom is 0.256 e. The highest BCUT2D eigenvalue weighted by molar-refractivity contribution is 6.09. The summed E-state index contributed by atoms with van der Waals surface area (Å²) < 4.78 is 2.29. The SMILES string of the molecule is CC(=O)NCCCCn1c2c(c3ccccc31)C(=O)N(C)CC2. The summed E-state index contributed by atoms with van der Waals surface area (Å²) >= 11 is 0. The van der Waals surface area contributed by atoms with E-state index in [9.17, 15) is 9.59 Å². The molecule has 3 rings (SSSR count). The van der Waals surface area contributed by atoms with E-state index in [1.54, 1.807) is 4.90 Å². The summed E-state index contributed by atoms with van der Waals surface area (Å²) in [5.41, 5.74) is 3.17. The highest BCUT2D eigenvalue weighted by Gasteiger charge is 2.28. The van der Waals surface area contributed by atoms with Crippen LogP contribution in [0.25, 0.3) is 10.9 Å². The van der Waals surface area contributed by atoms with Crippen molar-refractivity contribution in [3.05, 3.63) is 35.5 Å². The molecule has 0 saturated carbocycles. The van der Waals surface area contributed by atoms with Gasteiger partial charge in [0.25, 0.3) is 5.91 Å². The fraction of sp³-hybridized carbons (Fsp3) is 0.444. The Kier molecular flexibility index (Phi) is 4.37. The number of likely N-dealkylation sites (N-methyl/N-ethyl adjacent to an activating group) is 1. The molecule has 1 aromatic carbocycles. The van der Waals surface area contributed by atoms with Crippen LogP contribution in [0.2, 0.25) is 0 Å². The minimum absolute atomic E-state index is 0.0161. The minimum Gasteiger partial charge on any atom is -0.356 e. The lowest BCUT2D eigenvalue weighted by Gasteiger charge is -2.24. The molecule has 0 saturated heterocycles. The number of amides is 2. The van der Waals surface area contributed by atoms with Crippen molar-refractivity contribution in [2.24, 2.45) is 0 Å². The second kappa shape index (κ2) is 6.44. The van der Waals surface area contributed by atoms with Crippen LogP contribution in [0.3, 0.4) is 0 Å². The number of carbonyl (C=O) groups is 2. The predicted molar refractivity (Wildman–Crippen MR) is 90.5 cm³/mol. The van der Waals surface area contributed by atoms with Gasteiger partial charge in [0, 0.05) is 56.6 Å². The van der Waals surface area contributed by atoms with Crippen LogP contribution in [0.15, 0.2) is 24.3 Å². The van der Waals surface area contributed by atoms with E-state index in [0.29, 0.717) is 6.54 Å². The van der Waals surface area contributed by atoms with Crippen molar-refractivity contribution in [3.8, 4) is 0 Å². The first kappa shape index (κ1) is 15.6. The van der Waals surface area contributed by atoms with Gasteiger partial charge in [0.1, 0.15) is 0 Å². The van der Waals surface area contributed by atoms with Crippen LogP contribution in [-0.4, -0.2) is 41.4 Å². The molecule has 2 aromatic rings. The largest absolute Gasteiger partial charge is 0.356 e. The Morgan fingerprint density at radius 1 is 1.26 bits per heavy atom. The van der Waals surface area contributed by atoms with E-state index in [-0.39, 0.29) is 11.8 Å². The highest BCUT2D eigenvalue weighted by Crippen LogP contribution is 2.30. The van der Waals surface area contributed by atoms with Gasteiger partial charge in [-0.15, -0.1) is 0 Å². The van der Waals surface area contributed by atoms with Crippen molar-refractivity contribution in [1.82, 2.24) is 14.8 Å². The standard InChI is InChI=1S/C18H23N3O2/c1-13(22)19-10-5-6-11-21-15-8-4-3-7-14(15)17-16(21)9-12-20(2)18(17)23/h3-4,7-8H,5-6,9-12H2,1-2H3,(H,19,22). The fourth-order valence-electron chi connectivity index (χ4n) is 3.34. The Labute approximate surface area is 136 Å². The van der Waals surface area contributed by atoms with Crippen LogP contribution in [-0.2, 0) is 17.8 Å². The lowest BCUT2D eigenvalue weighted by atomic mass is 10.0. The molecule has 2 amide bonds. The number of aromatic nitrogens is 1. The Balaban J connectivity index is 1.86. The zero-order valence-electron chi connectivity index (χ0n) is 13.8. The zero-order chi connectivity index (χ0) is 16.4. The molecule has 2 heterocycles. The number of nitrogens with one attached hydrogen (secondary N) is 1. The molecule has 0 fully saturated rings. The Morgan fingerprint density at radius 3 is 2.83 bits per heavy atom. The summed E-state index contributed by atoms with van der Waals surface area (Å²) in [5, 5.41) is 3.89. The summed E-state index contributed by atoms with van der Waals surface area (Å²) in [4.78, 5) is 25.3. The number of rotatable bonds is 5. The second-order valence-electron chi connectivity index (χ2n) is 6.16. The molecule has 0 atom stereocenters. The van der Waals surface area contributed by atoms with Crippen LogP contribution >= 0.6 is 0 Å². The van der Waals surface area contributed by atoms with E-state index in [4.69, 9.17) is 0 Å². The van der Waals surface area contributed by atoms with Gasteiger partial charge >= 0.3 is 0 Å². The summed E-state index contributed by atoms with van der Waals surface area (Å²) in [7, 11) is 1.87. The maximum atomic E-state index is 12.6. The van der Waals surface area contributed by atoms with Gasteiger partial charge in [-0.2, -0.15) is 0 Å². The van der Waals surface area contributed by atoms with Gasteiger partial charge < -0.3 is 14.8 Å². The molecule has 0 radical (unpaired) electrons. The molecule has 1 aliphatic heterocycles. The van der Waals surface area contributed by atoms with E-state index in [0.717, 1.165) is 54.5 Å². The lowest BCUT2D eigenvalue weighted by molar-refractivity contribution is -0.118. The van der Waals surface area contributed by atoms with Crippen LogP contribution < -0.4 is 5.32 Å². The molecule has 1 N–H and O–H groups in total. The summed E-state index contributed by atoms with van der Waals surface area (Å²) in [6, 6.07) is 8.15. The van der Waals surface area contributed by atoms with Gasteiger partial charge in [-0.25, -0.2) is 0 Å². The third-order valence-corrected chi connectivity index (χ3v) is 4.51. The molecule has 1 aromatic heterocycles. The van der Waals surface area contributed by atoms with Crippen molar-refractivity contribution in [1.29, 1.82) is 0 Å². The number of carbonyl (C=O) groups excluding carboxylic acids is 2. The number of hydrogen-bond donors (Lipinski definition) is 1. The normalized spacial score (nSPS) is 14.2. The van der Waals surface area contributed by atoms with Crippen molar-refractivity contribution in [3.63, 3.8) is 0 Å². The van der Waals surface area contributed by atoms with Crippen molar-refractivity contribution < 1.29 is 9.59 Å². The third kappa shape index (κ3) is 2.96. The number of benzene rings is 1. The Morgan fingerprint density at radius 2 is 2.04 bits per heavy atom. The molecule has 23 heavy (non-hydrogen) atoms. The molecule has 122 valence electrons. The van der Waals surface area contributed by atoms with E-state index in [1.165, 1.54) is 6.92 Å². The van der Waals surface area contributed by atoms with Gasteiger partial charge in [-0.3, -0.25) is 9.59 Å². The van der Waals surface area contributed by atoms with E-state index in [1.807, 2.05) is 25.2 Å². The van der Waals surface area contributed by atoms with E-state index in [2.05, 4.69) is 16.0 Å². The predicted octanol–water partition coefficient (Wildman–Crippen LogP) is 2.19. The molecule has 0 bridgehead atoms. The zero-order valence-corrected chi connectivity index (χ0v) is 13.8. The van der Waals surface area contributed by atoms with Crippen molar-refractivity contribution in [2.75, 3.05) is 20.1 Å². The van der Waals surface area contributed by atoms with Gasteiger partial charge in [0.05, 0.1) is 5.56 Å². The molecule has 5 heteroatoms. The molecule has 0 aliphatic carbocycles. The number of unbranched alkanes of at least 4 members (excludes halogenated alkanes) is 1. The number of para-hydroxylation sites is 1. The third-order valence-electron chi connectivity index (χ3n) is 4.51. The van der Waals surface area contributed by atoms with Gasteiger partial charge in [0.2, 0.25) is 5.91 Å². The molecular weight excluding hydrogens is 290 g/mol. The second-order valence-corrected chi connectivity index (χ2v) is 6.16. The molecular formula is C18H23N3O2.